The number of ether oxygens (including phenoxy) is 2. The Bertz CT molecular complexity index is 1300. The molecule has 3 heterocycles. The summed E-state index contributed by atoms with van der Waals surface area (Å²) >= 11 is 0. The highest BCUT2D eigenvalue weighted by Gasteiger charge is 2.18. The first kappa shape index (κ1) is 23.4. The van der Waals surface area contributed by atoms with Crippen LogP contribution in [0.5, 0.6) is 5.75 Å². The number of anilines is 3. The molecule has 0 aliphatic heterocycles. The Morgan fingerprint density at radius 3 is 2.68 bits per heavy atom. The molecule has 4 rings (SSSR count). The van der Waals surface area contributed by atoms with Gasteiger partial charge < -0.3 is 25.2 Å². The number of pyridine rings is 1. The van der Waals surface area contributed by atoms with Crippen LogP contribution in [0.25, 0.3) is 22.0 Å². The van der Waals surface area contributed by atoms with Crippen LogP contribution in [-0.2, 0) is 18.4 Å². The maximum atomic E-state index is 9.69. The van der Waals surface area contributed by atoms with Gasteiger partial charge in [0.15, 0.2) is 5.82 Å². The second-order valence-corrected chi connectivity index (χ2v) is 8.44. The summed E-state index contributed by atoms with van der Waals surface area (Å²) in [4.78, 5) is 13.6. The van der Waals surface area contributed by atoms with Gasteiger partial charge in [-0.2, -0.15) is 5.10 Å². The molecule has 0 radical (unpaired) electrons. The Kier molecular flexibility index (Phi) is 6.62. The highest BCUT2D eigenvalue weighted by molar-refractivity contribution is 5.88. The average Bonchev–Trinajstić information content (AvgIpc) is 3.23. The zero-order valence-electron chi connectivity index (χ0n) is 20.0. The molecule has 0 fully saturated rings. The van der Waals surface area contributed by atoms with Gasteiger partial charge in [-0.3, -0.25) is 4.68 Å². The number of nitrogens with zero attached hydrogens (tertiary/aromatic N) is 5. The Morgan fingerprint density at radius 2 is 1.94 bits per heavy atom. The number of rotatable bonds is 9. The number of benzene rings is 1. The van der Waals surface area contributed by atoms with Crippen LogP contribution < -0.4 is 15.4 Å². The van der Waals surface area contributed by atoms with Crippen LogP contribution >= 0.6 is 0 Å². The van der Waals surface area contributed by atoms with Crippen molar-refractivity contribution in [1.29, 1.82) is 0 Å². The zero-order chi connectivity index (χ0) is 24.3. The molecule has 0 aliphatic rings. The van der Waals surface area contributed by atoms with Gasteiger partial charge in [0.1, 0.15) is 11.3 Å². The third kappa shape index (κ3) is 4.78. The fraction of sp³-hybridized carbons (Fsp3) is 0.333. The van der Waals surface area contributed by atoms with Crippen LogP contribution in [0.3, 0.4) is 0 Å². The molecule has 0 spiro atoms. The van der Waals surface area contributed by atoms with Crippen LogP contribution in [0.15, 0.2) is 42.9 Å². The molecule has 178 valence electrons. The van der Waals surface area contributed by atoms with Gasteiger partial charge in [0, 0.05) is 44.0 Å². The monoisotopic (exact) mass is 463 g/mol. The molecule has 1 aromatic carbocycles. The van der Waals surface area contributed by atoms with E-state index < -0.39 is 0 Å². The summed E-state index contributed by atoms with van der Waals surface area (Å²) < 4.78 is 12.8. The minimum atomic E-state index is -0.350. The number of aliphatic hydroxyl groups excluding tert-OH is 1. The predicted octanol–water partition coefficient (Wildman–Crippen LogP) is 3.51. The Balaban J connectivity index is 1.63. The molecule has 0 saturated carbocycles. The first-order valence-electron chi connectivity index (χ1n) is 10.8. The normalized spacial score (nSPS) is 11.6. The topological polar surface area (TPSA) is 119 Å². The van der Waals surface area contributed by atoms with Gasteiger partial charge in [0.05, 0.1) is 36.9 Å². The molecular weight excluding hydrogens is 434 g/mol. The van der Waals surface area contributed by atoms with Crippen LogP contribution in [0.4, 0.5) is 17.5 Å². The lowest BCUT2D eigenvalue weighted by atomic mass is 10.1. The first-order chi connectivity index (χ1) is 16.3. The Labute approximate surface area is 198 Å². The number of aromatic nitrogens is 5. The standard InChI is InChI=1S/C24H29N7O3/c1-24(2,34-5)14-27-22-21-16(8-9-25-22)11-26-23(30-21)29-18-7-6-15(10-20(18)33-4)17-12-28-31(3)19(17)13-32/h6-12,32H,13-14H2,1-5H3,(H,25,27)(H,26,29,30). The molecule has 0 aliphatic carbocycles. The van der Waals surface area contributed by atoms with Gasteiger partial charge in [-0.15, -0.1) is 0 Å². The van der Waals surface area contributed by atoms with Gasteiger partial charge in [0.25, 0.3) is 0 Å². The summed E-state index contributed by atoms with van der Waals surface area (Å²) in [7, 11) is 5.08. The fourth-order valence-corrected chi connectivity index (χ4v) is 3.49. The molecule has 34 heavy (non-hydrogen) atoms. The predicted molar refractivity (Wildman–Crippen MR) is 131 cm³/mol. The van der Waals surface area contributed by atoms with Crippen molar-refractivity contribution in [2.24, 2.45) is 7.05 Å². The lowest BCUT2D eigenvalue weighted by molar-refractivity contribution is 0.0343. The van der Waals surface area contributed by atoms with E-state index >= 15 is 0 Å². The van der Waals surface area contributed by atoms with E-state index in [2.05, 4.69) is 25.7 Å². The smallest absolute Gasteiger partial charge is 0.227 e. The summed E-state index contributed by atoms with van der Waals surface area (Å²) in [5.41, 5.74) is 3.51. The van der Waals surface area contributed by atoms with Gasteiger partial charge in [-0.05, 0) is 37.6 Å². The quantitative estimate of drug-likeness (QED) is 0.342. The number of methoxy groups -OCH3 is 2. The molecule has 0 saturated heterocycles. The summed E-state index contributed by atoms with van der Waals surface area (Å²) in [6.45, 7) is 4.46. The van der Waals surface area contributed by atoms with Crippen molar-refractivity contribution in [2.75, 3.05) is 31.4 Å². The van der Waals surface area contributed by atoms with E-state index in [4.69, 9.17) is 14.5 Å². The molecular formula is C24H29N7O3. The summed E-state index contributed by atoms with van der Waals surface area (Å²) in [5, 5.41) is 21.4. The largest absolute Gasteiger partial charge is 0.495 e. The van der Waals surface area contributed by atoms with Gasteiger partial charge in [-0.1, -0.05) is 6.07 Å². The third-order valence-corrected chi connectivity index (χ3v) is 5.70. The minimum Gasteiger partial charge on any atom is -0.495 e. The lowest BCUT2D eigenvalue weighted by Gasteiger charge is -2.23. The van der Waals surface area contributed by atoms with Crippen molar-refractivity contribution < 1.29 is 14.6 Å². The van der Waals surface area contributed by atoms with Crippen molar-refractivity contribution in [3.8, 4) is 16.9 Å². The fourth-order valence-electron chi connectivity index (χ4n) is 3.49. The molecule has 10 heteroatoms. The summed E-state index contributed by atoms with van der Waals surface area (Å²) in [6.07, 6.45) is 5.21. The second kappa shape index (κ2) is 9.62. The van der Waals surface area contributed by atoms with Crippen molar-refractivity contribution in [3.63, 3.8) is 0 Å². The zero-order valence-corrected chi connectivity index (χ0v) is 20.0. The molecule has 0 unspecified atom stereocenters. The highest BCUT2D eigenvalue weighted by atomic mass is 16.5. The summed E-state index contributed by atoms with van der Waals surface area (Å²) in [6, 6.07) is 7.58. The van der Waals surface area contributed by atoms with E-state index in [1.165, 1.54) is 0 Å². The Morgan fingerprint density at radius 1 is 1.12 bits per heavy atom. The van der Waals surface area contributed by atoms with Crippen LogP contribution in [0, 0.1) is 0 Å². The number of hydrogen-bond acceptors (Lipinski definition) is 9. The first-order valence-corrected chi connectivity index (χ1v) is 10.8. The van der Waals surface area contributed by atoms with Crippen LogP contribution in [-0.4, -0.2) is 56.2 Å². The van der Waals surface area contributed by atoms with Crippen molar-refractivity contribution in [1.82, 2.24) is 24.7 Å². The van der Waals surface area contributed by atoms with Crippen molar-refractivity contribution in [3.05, 3.63) is 48.5 Å². The van der Waals surface area contributed by atoms with Gasteiger partial charge in [-0.25, -0.2) is 15.0 Å². The Hall–Kier alpha value is -3.76. The van der Waals surface area contributed by atoms with E-state index in [0.29, 0.717) is 35.3 Å². The minimum absolute atomic E-state index is 0.106. The van der Waals surface area contributed by atoms with E-state index in [0.717, 1.165) is 22.2 Å². The van der Waals surface area contributed by atoms with E-state index in [1.807, 2.05) is 38.1 Å². The van der Waals surface area contributed by atoms with Crippen LogP contribution in [0.2, 0.25) is 0 Å². The van der Waals surface area contributed by atoms with Gasteiger partial charge >= 0.3 is 0 Å². The number of aliphatic hydroxyl groups is 1. The van der Waals surface area contributed by atoms with Crippen molar-refractivity contribution >= 4 is 28.4 Å². The SMILES string of the molecule is COc1cc(-c2cnn(C)c2CO)ccc1Nc1ncc2ccnc(NCC(C)(C)OC)c2n1. The highest BCUT2D eigenvalue weighted by Crippen LogP contribution is 2.34. The summed E-state index contributed by atoms with van der Waals surface area (Å²) in [5.74, 6) is 1.68. The molecule has 3 N–H and O–H groups in total. The molecule has 0 bridgehead atoms. The van der Waals surface area contributed by atoms with E-state index in [1.54, 1.807) is 44.5 Å². The van der Waals surface area contributed by atoms with Crippen LogP contribution in [0.1, 0.15) is 19.5 Å². The van der Waals surface area contributed by atoms with Crippen molar-refractivity contribution in [2.45, 2.75) is 26.1 Å². The molecule has 3 aromatic heterocycles. The number of fused-ring (bicyclic) bond motifs is 1. The van der Waals surface area contributed by atoms with E-state index in [9.17, 15) is 5.11 Å². The molecule has 4 aromatic rings. The second-order valence-electron chi connectivity index (χ2n) is 8.44. The number of hydrogen-bond donors (Lipinski definition) is 3. The molecule has 0 amide bonds. The van der Waals surface area contributed by atoms with E-state index in [-0.39, 0.29) is 12.2 Å². The lowest BCUT2D eigenvalue weighted by Crippen LogP contribution is -2.32. The number of aryl methyl sites for hydroxylation is 1. The maximum absolute atomic E-state index is 9.69. The average molecular weight is 464 g/mol. The molecule has 10 nitrogen and oxygen atoms in total. The number of nitrogens with one attached hydrogen (secondary N) is 2. The molecule has 0 atom stereocenters. The maximum Gasteiger partial charge on any atom is 0.227 e. The van der Waals surface area contributed by atoms with Gasteiger partial charge in [0.2, 0.25) is 5.95 Å². The third-order valence-electron chi connectivity index (χ3n) is 5.70.